The van der Waals surface area contributed by atoms with Crippen LogP contribution >= 0.6 is 0 Å². The Morgan fingerprint density at radius 3 is 2.46 bits per heavy atom. The van der Waals surface area contributed by atoms with Gasteiger partial charge < -0.3 is 14.3 Å². The third-order valence-corrected chi connectivity index (χ3v) is 5.76. The highest BCUT2D eigenvalue weighted by atomic mass is 32.2. The number of aromatic carboxylic acids is 1. The number of hydrogen-bond acceptors (Lipinski definition) is 5. The number of aryl methyl sites for hydroxylation is 1. The molecule has 28 heavy (non-hydrogen) atoms. The van der Waals surface area contributed by atoms with Gasteiger partial charge in [0, 0.05) is 16.3 Å². The number of carboxylic acid groups (broad SMARTS) is 1. The highest BCUT2D eigenvalue weighted by Gasteiger charge is 2.21. The van der Waals surface area contributed by atoms with Crippen molar-refractivity contribution in [3.05, 3.63) is 59.5 Å². The van der Waals surface area contributed by atoms with Gasteiger partial charge >= 0.3 is 5.97 Å². The molecule has 2 aromatic carbocycles. The van der Waals surface area contributed by atoms with Crippen molar-refractivity contribution in [2.75, 3.05) is 6.61 Å². The molecular formula is C20H21NO6S. The van der Waals surface area contributed by atoms with E-state index >= 15 is 0 Å². The van der Waals surface area contributed by atoms with Crippen LogP contribution in [0, 0.1) is 0 Å². The first-order valence-electron chi connectivity index (χ1n) is 8.86. The van der Waals surface area contributed by atoms with E-state index in [0.717, 1.165) is 0 Å². The van der Waals surface area contributed by atoms with E-state index < -0.39 is 16.0 Å². The van der Waals surface area contributed by atoms with Crippen LogP contribution in [0.3, 0.4) is 0 Å². The van der Waals surface area contributed by atoms with Gasteiger partial charge in [-0.15, -0.1) is 0 Å². The van der Waals surface area contributed by atoms with Crippen molar-refractivity contribution in [1.82, 2.24) is 4.72 Å². The minimum atomic E-state index is -3.86. The predicted molar refractivity (Wildman–Crippen MR) is 104 cm³/mol. The zero-order valence-electron chi connectivity index (χ0n) is 15.6. The summed E-state index contributed by atoms with van der Waals surface area (Å²) in [6.45, 7) is 3.99. The standard InChI is InChI=1S/C20H21NO6S/c1-3-13-11-14(27-19(13)20(22)23)12-21-28(24,25)18-10-9-17(26-4-2)15-7-5-6-8-16(15)18/h5-11,21H,3-4,12H2,1-2H3,(H,22,23). The van der Waals surface area contributed by atoms with Crippen molar-refractivity contribution in [1.29, 1.82) is 0 Å². The second-order valence-corrected chi connectivity index (χ2v) is 7.83. The molecule has 1 heterocycles. The molecule has 8 heteroatoms. The van der Waals surface area contributed by atoms with Gasteiger partial charge in [-0.05, 0) is 31.5 Å². The molecule has 7 nitrogen and oxygen atoms in total. The Bertz CT molecular complexity index is 1120. The van der Waals surface area contributed by atoms with Crippen molar-refractivity contribution in [2.45, 2.75) is 31.7 Å². The fraction of sp³-hybridized carbons (Fsp3) is 0.250. The van der Waals surface area contributed by atoms with E-state index in [0.29, 0.717) is 35.1 Å². The Labute approximate surface area is 163 Å². The zero-order chi connectivity index (χ0) is 20.3. The zero-order valence-corrected chi connectivity index (χ0v) is 16.4. The van der Waals surface area contributed by atoms with Crippen LogP contribution < -0.4 is 9.46 Å². The van der Waals surface area contributed by atoms with Crippen molar-refractivity contribution >= 4 is 26.8 Å². The van der Waals surface area contributed by atoms with Gasteiger partial charge in [0.05, 0.1) is 18.0 Å². The number of furan rings is 1. The number of hydrogen-bond donors (Lipinski definition) is 2. The molecule has 0 aliphatic heterocycles. The Morgan fingerprint density at radius 1 is 1.14 bits per heavy atom. The fourth-order valence-electron chi connectivity index (χ4n) is 3.02. The van der Waals surface area contributed by atoms with E-state index in [1.165, 1.54) is 6.07 Å². The topological polar surface area (TPSA) is 106 Å². The largest absolute Gasteiger partial charge is 0.493 e. The molecule has 3 aromatic rings. The lowest BCUT2D eigenvalue weighted by atomic mass is 10.1. The minimum absolute atomic E-state index is 0.118. The van der Waals surface area contributed by atoms with Crippen LogP contribution in [0.4, 0.5) is 0 Å². The van der Waals surface area contributed by atoms with Crippen LogP contribution in [-0.4, -0.2) is 26.1 Å². The van der Waals surface area contributed by atoms with Crippen molar-refractivity contribution in [3.8, 4) is 5.75 Å². The van der Waals surface area contributed by atoms with E-state index in [-0.39, 0.29) is 23.0 Å². The van der Waals surface area contributed by atoms with Crippen LogP contribution in [-0.2, 0) is 23.0 Å². The smallest absolute Gasteiger partial charge is 0.372 e. The lowest BCUT2D eigenvalue weighted by molar-refractivity contribution is 0.0658. The van der Waals surface area contributed by atoms with Crippen molar-refractivity contribution < 1.29 is 27.5 Å². The van der Waals surface area contributed by atoms with Gasteiger partial charge in [0.25, 0.3) is 0 Å². The van der Waals surface area contributed by atoms with E-state index in [9.17, 15) is 13.2 Å². The molecule has 0 spiro atoms. The van der Waals surface area contributed by atoms with Gasteiger partial charge in [-0.1, -0.05) is 31.2 Å². The first-order chi connectivity index (χ1) is 13.4. The number of fused-ring (bicyclic) bond motifs is 1. The summed E-state index contributed by atoms with van der Waals surface area (Å²) < 4.78 is 39.1. The van der Waals surface area contributed by atoms with Crippen molar-refractivity contribution in [3.63, 3.8) is 0 Å². The van der Waals surface area contributed by atoms with Gasteiger partial charge in [0.1, 0.15) is 11.5 Å². The van der Waals surface area contributed by atoms with Gasteiger partial charge in [-0.3, -0.25) is 0 Å². The molecule has 0 radical (unpaired) electrons. The number of ether oxygens (including phenoxy) is 1. The molecule has 0 amide bonds. The van der Waals surface area contributed by atoms with E-state index in [2.05, 4.69) is 4.72 Å². The molecular weight excluding hydrogens is 382 g/mol. The summed E-state index contributed by atoms with van der Waals surface area (Å²) in [6, 6.07) is 11.8. The average molecular weight is 403 g/mol. The molecule has 0 bridgehead atoms. The van der Waals surface area contributed by atoms with Gasteiger partial charge in [0.2, 0.25) is 15.8 Å². The van der Waals surface area contributed by atoms with Crippen molar-refractivity contribution in [2.24, 2.45) is 0 Å². The molecule has 0 aliphatic carbocycles. The summed E-state index contributed by atoms with van der Waals surface area (Å²) in [5, 5.41) is 10.4. The molecule has 0 fully saturated rings. The van der Waals surface area contributed by atoms with Crippen LogP contribution in [0.2, 0.25) is 0 Å². The number of benzene rings is 2. The number of rotatable bonds is 8. The van der Waals surface area contributed by atoms with E-state index in [1.807, 2.05) is 13.0 Å². The number of carbonyl (C=O) groups is 1. The summed E-state index contributed by atoms with van der Waals surface area (Å²) in [6.07, 6.45) is 0.474. The van der Waals surface area contributed by atoms with E-state index in [4.69, 9.17) is 14.3 Å². The summed E-state index contributed by atoms with van der Waals surface area (Å²) >= 11 is 0. The number of carboxylic acids is 1. The predicted octanol–water partition coefficient (Wildman–Crippen LogP) is 3.57. The molecule has 0 saturated heterocycles. The highest BCUT2D eigenvalue weighted by Crippen LogP contribution is 2.31. The Hall–Kier alpha value is -2.84. The monoisotopic (exact) mass is 403 g/mol. The molecule has 2 N–H and O–H groups in total. The van der Waals surface area contributed by atoms with Gasteiger partial charge in [0.15, 0.2) is 0 Å². The second kappa shape index (κ2) is 8.04. The SMILES string of the molecule is CCOc1ccc(S(=O)(=O)NCc2cc(CC)c(C(=O)O)o2)c2ccccc12. The Morgan fingerprint density at radius 2 is 1.86 bits per heavy atom. The lowest BCUT2D eigenvalue weighted by Gasteiger charge is -2.12. The fourth-order valence-corrected chi connectivity index (χ4v) is 4.22. The summed E-state index contributed by atoms with van der Waals surface area (Å²) in [7, 11) is -3.86. The number of sulfonamides is 1. The molecule has 0 saturated carbocycles. The second-order valence-electron chi connectivity index (χ2n) is 6.09. The van der Waals surface area contributed by atoms with Crippen LogP contribution in [0.5, 0.6) is 5.75 Å². The maximum Gasteiger partial charge on any atom is 0.372 e. The number of nitrogens with one attached hydrogen (secondary N) is 1. The average Bonchev–Trinajstić information content (AvgIpc) is 3.11. The molecule has 0 unspecified atom stereocenters. The minimum Gasteiger partial charge on any atom is -0.493 e. The first-order valence-corrected chi connectivity index (χ1v) is 10.3. The summed E-state index contributed by atoms with van der Waals surface area (Å²) in [5.74, 6) is -0.485. The third-order valence-electron chi connectivity index (χ3n) is 4.31. The third kappa shape index (κ3) is 3.88. The van der Waals surface area contributed by atoms with Gasteiger partial charge in [-0.25, -0.2) is 17.9 Å². The highest BCUT2D eigenvalue weighted by molar-refractivity contribution is 7.89. The van der Waals surface area contributed by atoms with E-state index in [1.54, 1.807) is 37.3 Å². The maximum absolute atomic E-state index is 12.9. The summed E-state index contributed by atoms with van der Waals surface area (Å²) in [5.41, 5.74) is 0.521. The molecule has 1 aromatic heterocycles. The lowest BCUT2D eigenvalue weighted by Crippen LogP contribution is -2.23. The van der Waals surface area contributed by atoms with Gasteiger partial charge in [-0.2, -0.15) is 0 Å². The molecule has 0 aliphatic rings. The molecule has 3 rings (SSSR count). The Kier molecular flexibility index (Phi) is 5.71. The van der Waals surface area contributed by atoms with Crippen LogP contribution in [0.1, 0.15) is 35.7 Å². The normalized spacial score (nSPS) is 11.6. The van der Waals surface area contributed by atoms with Crippen LogP contribution in [0.15, 0.2) is 51.8 Å². The molecule has 148 valence electrons. The first kappa shape index (κ1) is 19.9. The Balaban J connectivity index is 1.92. The molecule has 0 atom stereocenters. The quantitative estimate of drug-likeness (QED) is 0.596. The maximum atomic E-state index is 12.9. The van der Waals surface area contributed by atoms with Crippen LogP contribution in [0.25, 0.3) is 10.8 Å². The summed E-state index contributed by atoms with van der Waals surface area (Å²) in [4.78, 5) is 11.3.